The first-order chi connectivity index (χ1) is 14.8. The molecule has 3 rings (SSSR count). The number of hydrogen-bond acceptors (Lipinski definition) is 5. The molecular weight excluding hydrogens is 438 g/mol. The van der Waals surface area contributed by atoms with Crippen molar-refractivity contribution in [3.05, 3.63) is 63.5 Å². The van der Waals surface area contributed by atoms with Crippen molar-refractivity contribution in [1.82, 2.24) is 4.90 Å². The molecular formula is C20H17F4N3O5. The minimum atomic E-state index is -5.04. The first-order valence-corrected chi connectivity index (χ1v) is 9.13. The molecule has 32 heavy (non-hydrogen) atoms. The summed E-state index contributed by atoms with van der Waals surface area (Å²) in [6, 6.07) is 4.72. The molecule has 0 aromatic heterocycles. The van der Waals surface area contributed by atoms with E-state index < -0.39 is 45.6 Å². The number of methoxy groups -OCH3 is 1. The molecule has 8 nitrogen and oxygen atoms in total. The number of imide groups is 1. The van der Waals surface area contributed by atoms with E-state index in [9.17, 15) is 37.3 Å². The molecule has 0 saturated carbocycles. The van der Waals surface area contributed by atoms with Gasteiger partial charge in [0.05, 0.1) is 35.9 Å². The molecule has 3 amide bonds. The molecule has 1 aliphatic rings. The average molecular weight is 455 g/mol. The number of ether oxygens (including phenoxy) is 1. The van der Waals surface area contributed by atoms with E-state index in [0.29, 0.717) is 17.0 Å². The quantitative estimate of drug-likeness (QED) is 0.286. The maximum atomic E-state index is 13.7. The summed E-state index contributed by atoms with van der Waals surface area (Å²) in [5.74, 6) is -2.21. The van der Waals surface area contributed by atoms with E-state index in [-0.39, 0.29) is 23.5 Å². The fraction of sp³-hybridized carbons (Fsp3) is 0.300. The number of urea groups is 1. The highest BCUT2D eigenvalue weighted by Crippen LogP contribution is 2.38. The number of hydrogen-bond donors (Lipinski definition) is 0. The first-order valence-electron chi connectivity index (χ1n) is 9.13. The van der Waals surface area contributed by atoms with E-state index in [4.69, 9.17) is 4.74 Å². The van der Waals surface area contributed by atoms with Crippen LogP contribution in [0.3, 0.4) is 0 Å². The van der Waals surface area contributed by atoms with Crippen LogP contribution in [-0.4, -0.2) is 34.4 Å². The lowest BCUT2D eigenvalue weighted by atomic mass is 10.0. The number of nitrogens with zero attached hydrogens (tertiary/aromatic N) is 3. The maximum Gasteiger partial charge on any atom is 0.419 e. The Bertz CT molecular complexity index is 1120. The molecule has 1 heterocycles. The topological polar surface area (TPSA) is 93.0 Å². The second-order valence-electron chi connectivity index (χ2n) is 7.48. The van der Waals surface area contributed by atoms with E-state index in [1.165, 1.54) is 33.1 Å². The number of carbonyl (C=O) groups excluding carboxylic acids is 2. The second-order valence-corrected chi connectivity index (χ2v) is 7.48. The van der Waals surface area contributed by atoms with Gasteiger partial charge in [-0.3, -0.25) is 14.9 Å². The lowest BCUT2D eigenvalue weighted by molar-refractivity contribution is -0.385. The molecule has 2 aromatic rings. The third-order valence-electron chi connectivity index (χ3n) is 5.15. The van der Waals surface area contributed by atoms with Crippen LogP contribution >= 0.6 is 0 Å². The van der Waals surface area contributed by atoms with E-state index in [1.807, 2.05) is 0 Å². The molecule has 0 bridgehead atoms. The number of alkyl halides is 3. The summed E-state index contributed by atoms with van der Waals surface area (Å²) in [5.41, 5.74) is -3.91. The molecule has 1 aliphatic heterocycles. The van der Waals surface area contributed by atoms with Crippen molar-refractivity contribution in [1.29, 1.82) is 0 Å². The number of anilines is 1. The van der Waals surface area contributed by atoms with Gasteiger partial charge in [-0.1, -0.05) is 0 Å². The molecule has 0 aliphatic carbocycles. The molecule has 170 valence electrons. The minimum absolute atomic E-state index is 0.0851. The lowest BCUT2D eigenvalue weighted by Crippen LogP contribution is -2.43. The van der Waals surface area contributed by atoms with Gasteiger partial charge in [-0.05, 0) is 44.2 Å². The summed E-state index contributed by atoms with van der Waals surface area (Å²) < 4.78 is 57.9. The van der Waals surface area contributed by atoms with Gasteiger partial charge in [0.1, 0.15) is 17.1 Å². The SMILES string of the molecule is COc1ccc(CN2C(=O)N(c3ccc(F)c(C(F)(F)F)c3)C(=O)C2(C)C)c([N+](=O)[O-])c1. The minimum Gasteiger partial charge on any atom is -0.497 e. The van der Waals surface area contributed by atoms with Gasteiger partial charge in [-0.15, -0.1) is 0 Å². The Morgan fingerprint density at radius 3 is 2.34 bits per heavy atom. The van der Waals surface area contributed by atoms with E-state index in [2.05, 4.69) is 0 Å². The maximum absolute atomic E-state index is 13.7. The molecule has 12 heteroatoms. The van der Waals surface area contributed by atoms with Crippen molar-refractivity contribution in [3.8, 4) is 5.75 Å². The molecule has 1 fully saturated rings. The van der Waals surface area contributed by atoms with Crippen molar-refractivity contribution >= 4 is 23.3 Å². The second kappa shape index (κ2) is 7.77. The molecule has 0 spiro atoms. The van der Waals surface area contributed by atoms with Crippen LogP contribution in [0.5, 0.6) is 5.75 Å². The summed E-state index contributed by atoms with van der Waals surface area (Å²) in [6.07, 6.45) is -5.04. The Kier molecular flexibility index (Phi) is 5.58. The van der Waals surface area contributed by atoms with E-state index >= 15 is 0 Å². The molecule has 0 radical (unpaired) electrons. The van der Waals surface area contributed by atoms with Crippen molar-refractivity contribution in [2.75, 3.05) is 12.0 Å². The highest BCUT2D eigenvalue weighted by Gasteiger charge is 2.52. The summed E-state index contributed by atoms with van der Waals surface area (Å²) >= 11 is 0. The van der Waals surface area contributed by atoms with Crippen LogP contribution < -0.4 is 9.64 Å². The van der Waals surface area contributed by atoms with Crippen LogP contribution in [0, 0.1) is 15.9 Å². The fourth-order valence-electron chi connectivity index (χ4n) is 3.34. The monoisotopic (exact) mass is 455 g/mol. The average Bonchev–Trinajstić information content (AvgIpc) is 2.87. The van der Waals surface area contributed by atoms with E-state index in [1.54, 1.807) is 0 Å². The van der Waals surface area contributed by atoms with Gasteiger partial charge in [0, 0.05) is 5.56 Å². The predicted molar refractivity (Wildman–Crippen MR) is 104 cm³/mol. The summed E-state index contributed by atoms with van der Waals surface area (Å²) in [7, 11) is 1.32. The number of nitro benzene ring substituents is 1. The van der Waals surface area contributed by atoms with Crippen molar-refractivity contribution in [2.24, 2.45) is 0 Å². The molecule has 2 aromatic carbocycles. The Morgan fingerprint density at radius 1 is 1.12 bits per heavy atom. The van der Waals surface area contributed by atoms with Gasteiger partial charge in [0.15, 0.2) is 0 Å². The smallest absolute Gasteiger partial charge is 0.419 e. The van der Waals surface area contributed by atoms with Gasteiger partial charge in [0.25, 0.3) is 11.6 Å². The van der Waals surface area contributed by atoms with Crippen LogP contribution in [0.15, 0.2) is 36.4 Å². The largest absolute Gasteiger partial charge is 0.497 e. The summed E-state index contributed by atoms with van der Waals surface area (Å²) in [4.78, 5) is 38.3. The highest BCUT2D eigenvalue weighted by molar-refractivity contribution is 6.23. The predicted octanol–water partition coefficient (Wildman–Crippen LogP) is 4.51. The van der Waals surface area contributed by atoms with Gasteiger partial charge >= 0.3 is 12.2 Å². The number of carbonyl (C=O) groups is 2. The zero-order valence-electron chi connectivity index (χ0n) is 17.1. The number of rotatable bonds is 5. The zero-order chi connectivity index (χ0) is 24.0. The van der Waals surface area contributed by atoms with Crippen LogP contribution in [-0.2, 0) is 17.5 Å². The normalized spacial score (nSPS) is 16.0. The standard InChI is InChI=1S/C20H17F4N3O5/c1-19(2)17(28)26(12-5-7-15(21)14(8-12)20(22,23)24)18(29)25(19)10-11-4-6-13(32-3)9-16(11)27(30)31/h4-9H,10H2,1-3H3. The molecule has 1 saturated heterocycles. The fourth-order valence-corrected chi connectivity index (χ4v) is 3.34. The van der Waals surface area contributed by atoms with Crippen LogP contribution in [0.4, 0.5) is 33.7 Å². The van der Waals surface area contributed by atoms with Gasteiger partial charge in [-0.25, -0.2) is 14.1 Å². The van der Waals surface area contributed by atoms with Crippen LogP contribution in [0.25, 0.3) is 0 Å². The van der Waals surface area contributed by atoms with Crippen molar-refractivity contribution < 1.29 is 36.8 Å². The molecule has 0 atom stereocenters. The van der Waals surface area contributed by atoms with E-state index in [0.717, 1.165) is 17.0 Å². The Balaban J connectivity index is 2.03. The third kappa shape index (κ3) is 3.83. The number of amides is 3. The zero-order valence-corrected chi connectivity index (χ0v) is 17.1. The summed E-state index contributed by atoms with van der Waals surface area (Å²) in [5, 5.41) is 11.4. The number of nitro groups is 1. The Hall–Kier alpha value is -3.70. The Morgan fingerprint density at radius 2 is 1.78 bits per heavy atom. The Labute approximate surface area is 179 Å². The van der Waals surface area contributed by atoms with Crippen molar-refractivity contribution in [3.63, 3.8) is 0 Å². The van der Waals surface area contributed by atoms with Crippen molar-refractivity contribution in [2.45, 2.75) is 32.1 Å². The third-order valence-corrected chi connectivity index (χ3v) is 5.15. The van der Waals surface area contributed by atoms with Gasteiger partial charge in [0.2, 0.25) is 0 Å². The van der Waals surface area contributed by atoms with Gasteiger partial charge in [-0.2, -0.15) is 13.2 Å². The number of benzene rings is 2. The molecule has 0 unspecified atom stereocenters. The number of halogens is 4. The lowest BCUT2D eigenvalue weighted by Gasteiger charge is -2.27. The first kappa shape index (κ1) is 23.0. The molecule has 0 N–H and O–H groups in total. The van der Waals surface area contributed by atoms with Crippen LogP contribution in [0.1, 0.15) is 25.0 Å². The van der Waals surface area contributed by atoms with Crippen LogP contribution in [0.2, 0.25) is 0 Å². The van der Waals surface area contributed by atoms with Gasteiger partial charge < -0.3 is 9.64 Å². The summed E-state index contributed by atoms with van der Waals surface area (Å²) in [6.45, 7) is 2.34. The highest BCUT2D eigenvalue weighted by atomic mass is 19.4.